The second kappa shape index (κ2) is 6.11. The molecule has 0 aromatic rings. The molecular formula is C16H30N2O. The molecule has 2 saturated heterocycles. The summed E-state index contributed by atoms with van der Waals surface area (Å²) >= 11 is 0. The van der Waals surface area contributed by atoms with Crippen LogP contribution in [-0.2, 0) is 0 Å². The Hall–Kier alpha value is -0.120. The zero-order chi connectivity index (χ0) is 13.1. The van der Waals surface area contributed by atoms with Crippen molar-refractivity contribution in [1.29, 1.82) is 0 Å². The lowest BCUT2D eigenvalue weighted by molar-refractivity contribution is -0.00118. The van der Waals surface area contributed by atoms with E-state index in [4.69, 9.17) is 0 Å². The van der Waals surface area contributed by atoms with E-state index in [9.17, 15) is 5.11 Å². The molecular weight excluding hydrogens is 236 g/mol. The van der Waals surface area contributed by atoms with Crippen LogP contribution >= 0.6 is 0 Å². The van der Waals surface area contributed by atoms with Crippen molar-refractivity contribution in [3.05, 3.63) is 0 Å². The molecule has 3 nitrogen and oxygen atoms in total. The predicted molar refractivity (Wildman–Crippen MR) is 78.3 cm³/mol. The van der Waals surface area contributed by atoms with Crippen LogP contribution < -0.4 is 0 Å². The molecule has 3 heteroatoms. The van der Waals surface area contributed by atoms with E-state index in [1.807, 2.05) is 0 Å². The summed E-state index contributed by atoms with van der Waals surface area (Å²) < 4.78 is 0. The highest BCUT2D eigenvalue weighted by Crippen LogP contribution is 2.31. The highest BCUT2D eigenvalue weighted by atomic mass is 16.3. The van der Waals surface area contributed by atoms with Crippen LogP contribution in [0.2, 0.25) is 0 Å². The Balaban J connectivity index is 1.39. The van der Waals surface area contributed by atoms with Crippen molar-refractivity contribution in [3.63, 3.8) is 0 Å². The number of piperidine rings is 1. The van der Waals surface area contributed by atoms with Crippen molar-refractivity contribution in [3.8, 4) is 0 Å². The molecule has 3 rings (SSSR count). The van der Waals surface area contributed by atoms with Gasteiger partial charge < -0.3 is 14.9 Å². The first-order valence-electron chi connectivity index (χ1n) is 8.41. The van der Waals surface area contributed by atoms with Crippen molar-refractivity contribution in [2.24, 2.45) is 5.92 Å². The largest absolute Gasteiger partial charge is 0.389 e. The van der Waals surface area contributed by atoms with Crippen LogP contribution in [-0.4, -0.2) is 59.8 Å². The minimum Gasteiger partial charge on any atom is -0.389 e. The number of β-amino-alcohol motifs (C(OH)–C–C–N with tert-alkyl or cyclic N) is 1. The maximum atomic E-state index is 10.5. The van der Waals surface area contributed by atoms with Crippen molar-refractivity contribution >= 4 is 0 Å². The third kappa shape index (κ3) is 3.71. The lowest BCUT2D eigenvalue weighted by Crippen LogP contribution is -2.45. The number of hydrogen-bond donors (Lipinski definition) is 1. The van der Waals surface area contributed by atoms with E-state index in [0.29, 0.717) is 0 Å². The van der Waals surface area contributed by atoms with E-state index in [0.717, 1.165) is 25.3 Å². The van der Waals surface area contributed by atoms with E-state index in [1.54, 1.807) is 0 Å². The number of rotatable bonds is 4. The first-order chi connectivity index (χ1) is 9.23. The Morgan fingerprint density at radius 3 is 2.11 bits per heavy atom. The van der Waals surface area contributed by atoms with E-state index in [-0.39, 0.29) is 5.60 Å². The monoisotopic (exact) mass is 266 g/mol. The third-order valence-corrected chi connectivity index (χ3v) is 5.47. The van der Waals surface area contributed by atoms with Gasteiger partial charge in [0, 0.05) is 13.1 Å². The Labute approximate surface area is 118 Å². The molecule has 0 spiro atoms. The van der Waals surface area contributed by atoms with Gasteiger partial charge in [-0.2, -0.15) is 0 Å². The lowest BCUT2D eigenvalue weighted by Gasteiger charge is -2.37. The molecule has 0 bridgehead atoms. The molecule has 3 fully saturated rings. The van der Waals surface area contributed by atoms with Crippen LogP contribution in [0.3, 0.4) is 0 Å². The van der Waals surface area contributed by atoms with Crippen LogP contribution in [0.5, 0.6) is 0 Å². The molecule has 1 N–H and O–H groups in total. The van der Waals surface area contributed by atoms with Crippen molar-refractivity contribution in [1.82, 2.24) is 9.80 Å². The molecule has 3 aliphatic rings. The molecule has 2 heterocycles. The first-order valence-corrected chi connectivity index (χ1v) is 8.41. The number of nitrogens with zero attached hydrogens (tertiary/aromatic N) is 2. The van der Waals surface area contributed by atoms with Crippen molar-refractivity contribution in [2.75, 3.05) is 39.3 Å². The molecule has 1 saturated carbocycles. The molecule has 0 aromatic heterocycles. The number of hydrogen-bond acceptors (Lipinski definition) is 3. The Morgan fingerprint density at radius 2 is 1.47 bits per heavy atom. The Kier molecular flexibility index (Phi) is 4.45. The second-order valence-electron chi connectivity index (χ2n) is 7.16. The van der Waals surface area contributed by atoms with Gasteiger partial charge >= 0.3 is 0 Å². The average molecular weight is 266 g/mol. The predicted octanol–water partition coefficient (Wildman–Crippen LogP) is 2.10. The molecule has 0 atom stereocenters. The normalized spacial score (nSPS) is 30.2. The summed E-state index contributed by atoms with van der Waals surface area (Å²) in [4.78, 5) is 5.18. The highest BCUT2D eigenvalue weighted by Gasteiger charge is 2.34. The molecule has 110 valence electrons. The summed E-state index contributed by atoms with van der Waals surface area (Å²) in [5.74, 6) is 0.910. The summed E-state index contributed by atoms with van der Waals surface area (Å²) in [5.41, 5.74) is -0.345. The Bertz CT molecular complexity index is 274. The molecule has 0 unspecified atom stereocenters. The quantitative estimate of drug-likeness (QED) is 0.844. The van der Waals surface area contributed by atoms with Crippen LogP contribution in [0.15, 0.2) is 0 Å². The van der Waals surface area contributed by atoms with Crippen LogP contribution in [0.1, 0.15) is 51.4 Å². The molecule has 1 aliphatic carbocycles. The smallest absolute Gasteiger partial charge is 0.0774 e. The van der Waals surface area contributed by atoms with Crippen molar-refractivity contribution < 1.29 is 5.11 Å². The topological polar surface area (TPSA) is 26.7 Å². The maximum absolute atomic E-state index is 10.5. The van der Waals surface area contributed by atoms with Gasteiger partial charge in [0.2, 0.25) is 0 Å². The summed E-state index contributed by atoms with van der Waals surface area (Å²) in [6, 6.07) is 0. The van der Waals surface area contributed by atoms with Gasteiger partial charge in [-0.05, 0) is 70.6 Å². The fourth-order valence-corrected chi connectivity index (χ4v) is 4.26. The van der Waals surface area contributed by atoms with Gasteiger partial charge in [-0.1, -0.05) is 12.8 Å². The SMILES string of the molecule is OC1(CN2CCC(CN3CCCC3)CC2)CCCC1. The minimum absolute atomic E-state index is 0.345. The number of aliphatic hydroxyl groups is 1. The Morgan fingerprint density at radius 1 is 0.842 bits per heavy atom. The summed E-state index contributed by atoms with van der Waals surface area (Å²) in [6.45, 7) is 7.35. The van der Waals surface area contributed by atoms with Crippen molar-refractivity contribution in [2.45, 2.75) is 57.0 Å². The molecule has 0 aromatic carbocycles. The van der Waals surface area contributed by atoms with Gasteiger partial charge in [-0.25, -0.2) is 0 Å². The van der Waals surface area contributed by atoms with Crippen LogP contribution in [0.4, 0.5) is 0 Å². The molecule has 0 radical (unpaired) electrons. The summed E-state index contributed by atoms with van der Waals surface area (Å²) in [5, 5.41) is 10.5. The van der Waals surface area contributed by atoms with Gasteiger partial charge in [0.1, 0.15) is 0 Å². The van der Waals surface area contributed by atoms with E-state index < -0.39 is 0 Å². The lowest BCUT2D eigenvalue weighted by atomic mass is 9.94. The summed E-state index contributed by atoms with van der Waals surface area (Å²) in [7, 11) is 0. The highest BCUT2D eigenvalue weighted by molar-refractivity contribution is 4.89. The zero-order valence-electron chi connectivity index (χ0n) is 12.3. The van der Waals surface area contributed by atoms with Gasteiger partial charge in [0.15, 0.2) is 0 Å². The third-order valence-electron chi connectivity index (χ3n) is 5.47. The average Bonchev–Trinajstić information content (AvgIpc) is 3.04. The first kappa shape index (κ1) is 13.8. The van der Waals surface area contributed by atoms with Gasteiger partial charge in [0.05, 0.1) is 5.60 Å². The van der Waals surface area contributed by atoms with Crippen LogP contribution in [0, 0.1) is 5.92 Å². The molecule has 19 heavy (non-hydrogen) atoms. The minimum atomic E-state index is -0.345. The summed E-state index contributed by atoms with van der Waals surface area (Å²) in [6.07, 6.45) is 10.0. The van der Waals surface area contributed by atoms with Gasteiger partial charge in [0.25, 0.3) is 0 Å². The van der Waals surface area contributed by atoms with E-state index in [2.05, 4.69) is 9.80 Å². The van der Waals surface area contributed by atoms with Gasteiger partial charge in [-0.15, -0.1) is 0 Å². The second-order valence-corrected chi connectivity index (χ2v) is 7.16. The number of likely N-dealkylation sites (tertiary alicyclic amines) is 2. The van der Waals surface area contributed by atoms with Crippen LogP contribution in [0.25, 0.3) is 0 Å². The standard InChI is InChI=1S/C16H30N2O/c19-16(7-1-2-8-16)14-18-11-5-15(6-12-18)13-17-9-3-4-10-17/h15,19H,1-14H2. The molecule has 0 amide bonds. The van der Waals surface area contributed by atoms with Gasteiger partial charge in [-0.3, -0.25) is 0 Å². The maximum Gasteiger partial charge on any atom is 0.0774 e. The molecule has 2 aliphatic heterocycles. The van der Waals surface area contributed by atoms with E-state index in [1.165, 1.54) is 71.2 Å². The fraction of sp³-hybridized carbons (Fsp3) is 1.00. The zero-order valence-corrected chi connectivity index (χ0v) is 12.3. The van der Waals surface area contributed by atoms with E-state index >= 15 is 0 Å². The fourth-order valence-electron chi connectivity index (χ4n) is 4.26.